The SMILES string of the molecule is Cc1c(C(=O)Nc2ccc(S(C)(=O)=O)cc2)cc(C[C@H](C)O)n1-c1ccc(Cl)cc1CC(F)(F)F. The summed E-state index contributed by atoms with van der Waals surface area (Å²) in [6.45, 7) is 3.13. The lowest BCUT2D eigenvalue weighted by Crippen LogP contribution is -2.17. The summed E-state index contributed by atoms with van der Waals surface area (Å²) in [7, 11) is -3.40. The zero-order chi connectivity index (χ0) is 26.1. The Morgan fingerprint density at radius 2 is 1.77 bits per heavy atom. The standard InChI is InChI=1S/C24H24ClF3N2O4S/c1-14(31)10-19-12-21(23(32)29-18-5-7-20(8-6-18)35(3,33)34)15(2)30(19)22-9-4-17(25)11-16(22)13-24(26,27)28/h4-9,11-12,14,31H,10,13H2,1-3H3,(H,29,32)/t14-/m0/s1. The fraction of sp³-hybridized carbons (Fsp3) is 0.292. The molecular weight excluding hydrogens is 505 g/mol. The summed E-state index contributed by atoms with van der Waals surface area (Å²) in [5.74, 6) is -0.536. The third-order valence-electron chi connectivity index (χ3n) is 5.29. The second kappa shape index (κ2) is 10.0. The second-order valence-electron chi connectivity index (χ2n) is 8.34. The van der Waals surface area contributed by atoms with Crippen molar-refractivity contribution in [3.05, 3.63) is 76.1 Å². The first-order valence-corrected chi connectivity index (χ1v) is 12.8. The van der Waals surface area contributed by atoms with Crippen molar-refractivity contribution in [2.24, 2.45) is 0 Å². The first-order valence-electron chi connectivity index (χ1n) is 10.5. The van der Waals surface area contributed by atoms with E-state index in [1.54, 1.807) is 6.92 Å². The van der Waals surface area contributed by atoms with Gasteiger partial charge in [-0.3, -0.25) is 4.79 Å². The molecule has 1 atom stereocenters. The minimum Gasteiger partial charge on any atom is -0.393 e. The van der Waals surface area contributed by atoms with Crippen LogP contribution >= 0.6 is 11.6 Å². The van der Waals surface area contributed by atoms with Crippen molar-refractivity contribution in [2.45, 2.75) is 43.9 Å². The van der Waals surface area contributed by atoms with Gasteiger partial charge in [0, 0.05) is 40.5 Å². The quantitative estimate of drug-likeness (QED) is 0.445. The molecule has 0 aliphatic rings. The van der Waals surface area contributed by atoms with Crippen molar-refractivity contribution in [3.8, 4) is 5.69 Å². The summed E-state index contributed by atoms with van der Waals surface area (Å²) in [6.07, 6.45) is -5.36. The summed E-state index contributed by atoms with van der Waals surface area (Å²) >= 11 is 5.96. The first kappa shape index (κ1) is 26.8. The molecule has 11 heteroatoms. The normalized spacial score (nSPS) is 13.0. The van der Waals surface area contributed by atoms with Gasteiger partial charge in [0.2, 0.25) is 0 Å². The van der Waals surface area contributed by atoms with E-state index in [9.17, 15) is 31.5 Å². The molecule has 2 aromatic carbocycles. The zero-order valence-electron chi connectivity index (χ0n) is 19.1. The summed E-state index contributed by atoms with van der Waals surface area (Å²) in [6, 6.07) is 11.3. The van der Waals surface area contributed by atoms with Gasteiger partial charge in [-0.05, 0) is 67.9 Å². The van der Waals surface area contributed by atoms with Gasteiger partial charge < -0.3 is 15.0 Å². The molecule has 0 saturated heterocycles. The second-order valence-corrected chi connectivity index (χ2v) is 10.8. The molecule has 35 heavy (non-hydrogen) atoms. The van der Waals surface area contributed by atoms with E-state index >= 15 is 0 Å². The van der Waals surface area contributed by atoms with Gasteiger partial charge in [-0.2, -0.15) is 13.2 Å². The van der Waals surface area contributed by atoms with E-state index < -0.39 is 34.4 Å². The lowest BCUT2D eigenvalue weighted by atomic mass is 10.1. The summed E-state index contributed by atoms with van der Waals surface area (Å²) < 4.78 is 64.6. The smallest absolute Gasteiger partial charge is 0.393 e. The number of aromatic nitrogens is 1. The molecule has 1 amide bonds. The Hall–Kier alpha value is -2.82. The number of hydrogen-bond acceptors (Lipinski definition) is 4. The Labute approximate surface area is 206 Å². The lowest BCUT2D eigenvalue weighted by Gasteiger charge is -2.18. The van der Waals surface area contributed by atoms with Gasteiger partial charge in [0.05, 0.1) is 23.0 Å². The molecule has 0 fully saturated rings. The molecule has 6 nitrogen and oxygen atoms in total. The number of sulfone groups is 1. The Kier molecular flexibility index (Phi) is 7.68. The van der Waals surface area contributed by atoms with E-state index in [1.807, 2.05) is 0 Å². The van der Waals surface area contributed by atoms with Gasteiger partial charge in [0.15, 0.2) is 9.84 Å². The average Bonchev–Trinajstić information content (AvgIpc) is 3.02. The van der Waals surface area contributed by atoms with E-state index in [4.69, 9.17) is 11.6 Å². The Bertz CT molecular complexity index is 1350. The lowest BCUT2D eigenvalue weighted by molar-refractivity contribution is -0.127. The molecule has 1 aromatic heterocycles. The molecule has 0 saturated carbocycles. The highest BCUT2D eigenvalue weighted by atomic mass is 35.5. The van der Waals surface area contributed by atoms with Crippen LogP contribution in [0.3, 0.4) is 0 Å². The first-order chi connectivity index (χ1) is 16.2. The maximum atomic E-state index is 13.3. The van der Waals surface area contributed by atoms with Crippen LogP contribution in [0.2, 0.25) is 5.02 Å². The van der Waals surface area contributed by atoms with Crippen molar-refractivity contribution in [3.63, 3.8) is 0 Å². The van der Waals surface area contributed by atoms with Crippen molar-refractivity contribution in [1.29, 1.82) is 0 Å². The maximum absolute atomic E-state index is 13.3. The highest BCUT2D eigenvalue weighted by Gasteiger charge is 2.30. The maximum Gasteiger partial charge on any atom is 0.393 e. The number of anilines is 1. The summed E-state index contributed by atoms with van der Waals surface area (Å²) in [5.41, 5.74) is 1.49. The summed E-state index contributed by atoms with van der Waals surface area (Å²) in [5, 5.41) is 12.8. The number of alkyl halides is 3. The van der Waals surface area contributed by atoms with Gasteiger partial charge in [-0.25, -0.2) is 8.42 Å². The topological polar surface area (TPSA) is 88.4 Å². The van der Waals surface area contributed by atoms with Crippen LogP contribution in [0.5, 0.6) is 0 Å². The molecule has 3 rings (SSSR count). The van der Waals surface area contributed by atoms with Gasteiger partial charge in [-0.1, -0.05) is 11.6 Å². The van der Waals surface area contributed by atoms with Crippen LogP contribution in [-0.4, -0.2) is 42.5 Å². The van der Waals surface area contributed by atoms with Crippen LogP contribution in [0.25, 0.3) is 5.69 Å². The third-order valence-corrected chi connectivity index (χ3v) is 6.65. The number of nitrogens with one attached hydrogen (secondary N) is 1. The largest absolute Gasteiger partial charge is 0.393 e. The fourth-order valence-electron chi connectivity index (χ4n) is 3.80. The van der Waals surface area contributed by atoms with Gasteiger partial charge in [0.25, 0.3) is 5.91 Å². The predicted molar refractivity (Wildman–Crippen MR) is 128 cm³/mol. The van der Waals surface area contributed by atoms with Crippen molar-refractivity contribution < 1.29 is 31.5 Å². The van der Waals surface area contributed by atoms with Crippen molar-refractivity contribution >= 4 is 33.0 Å². The van der Waals surface area contributed by atoms with Gasteiger partial charge in [0.1, 0.15) is 0 Å². The molecule has 188 valence electrons. The van der Waals surface area contributed by atoms with E-state index in [1.165, 1.54) is 60.0 Å². The van der Waals surface area contributed by atoms with Gasteiger partial charge in [-0.15, -0.1) is 0 Å². The van der Waals surface area contributed by atoms with Crippen LogP contribution in [0, 0.1) is 6.92 Å². The number of hydrogen-bond donors (Lipinski definition) is 2. The van der Waals surface area contributed by atoms with Crippen molar-refractivity contribution in [1.82, 2.24) is 4.57 Å². The fourth-order valence-corrected chi connectivity index (χ4v) is 4.63. The highest BCUT2D eigenvalue weighted by Crippen LogP contribution is 2.31. The molecule has 0 radical (unpaired) electrons. The number of aliphatic hydroxyl groups is 1. The molecule has 0 unspecified atom stereocenters. The molecule has 2 N–H and O–H groups in total. The molecule has 0 aliphatic heterocycles. The zero-order valence-corrected chi connectivity index (χ0v) is 20.7. The molecule has 0 aliphatic carbocycles. The molecule has 0 spiro atoms. The van der Waals surface area contributed by atoms with Crippen molar-refractivity contribution in [2.75, 3.05) is 11.6 Å². The number of rotatable bonds is 7. The molecule has 3 aromatic rings. The van der Waals surface area contributed by atoms with Crippen LogP contribution < -0.4 is 5.32 Å². The monoisotopic (exact) mass is 528 g/mol. The number of aliphatic hydroxyl groups excluding tert-OH is 1. The number of nitrogens with zero attached hydrogens (tertiary/aromatic N) is 1. The van der Waals surface area contributed by atoms with Crippen LogP contribution in [0.4, 0.5) is 18.9 Å². The Balaban J connectivity index is 2.05. The molecule has 1 heterocycles. The number of carbonyl (C=O) groups excluding carboxylic acids is 1. The Morgan fingerprint density at radius 1 is 1.14 bits per heavy atom. The number of amides is 1. The number of halogens is 4. The van der Waals surface area contributed by atoms with E-state index in [2.05, 4.69) is 5.32 Å². The van der Waals surface area contributed by atoms with Crippen LogP contribution in [0.1, 0.15) is 34.2 Å². The minimum atomic E-state index is -4.48. The van der Waals surface area contributed by atoms with Crippen LogP contribution in [0.15, 0.2) is 53.4 Å². The highest BCUT2D eigenvalue weighted by molar-refractivity contribution is 7.90. The third kappa shape index (κ3) is 6.65. The minimum absolute atomic E-state index is 0.0705. The van der Waals surface area contributed by atoms with E-state index in [-0.39, 0.29) is 33.2 Å². The molecular formula is C24H24ClF3N2O4S. The molecule has 0 bridgehead atoms. The average molecular weight is 529 g/mol. The van der Waals surface area contributed by atoms with Gasteiger partial charge >= 0.3 is 6.18 Å². The number of carbonyl (C=O) groups is 1. The van der Waals surface area contributed by atoms with E-state index in [0.29, 0.717) is 17.1 Å². The Morgan fingerprint density at radius 3 is 2.31 bits per heavy atom. The number of benzene rings is 2. The van der Waals surface area contributed by atoms with Crippen LogP contribution in [-0.2, 0) is 22.7 Å². The van der Waals surface area contributed by atoms with E-state index in [0.717, 1.165) is 6.26 Å². The summed E-state index contributed by atoms with van der Waals surface area (Å²) in [4.78, 5) is 13.2. The predicted octanol–water partition coefficient (Wildman–Crippen LogP) is 5.12.